The Kier molecular flexibility index (Phi) is 4.42. The summed E-state index contributed by atoms with van der Waals surface area (Å²) in [4.78, 5) is 0. The van der Waals surface area contributed by atoms with Gasteiger partial charge in [-0.05, 0) is 38.8 Å². The Bertz CT molecular complexity index is 136. The van der Waals surface area contributed by atoms with Crippen LogP contribution in [0.2, 0.25) is 0 Å². The molecule has 0 atom stereocenters. The topological polar surface area (TPSA) is 12.0 Å². The van der Waals surface area contributed by atoms with Crippen molar-refractivity contribution >= 4 is 0 Å². The van der Waals surface area contributed by atoms with E-state index in [0.29, 0.717) is 11.1 Å². The molecule has 69 valence electrons. The van der Waals surface area contributed by atoms with Gasteiger partial charge in [0.2, 0.25) is 0 Å². The summed E-state index contributed by atoms with van der Waals surface area (Å²) in [5.41, 5.74) is 0.595. The third-order valence-corrected chi connectivity index (χ3v) is 2.16. The molecule has 1 nitrogen and oxygen atoms in total. The van der Waals surface area contributed by atoms with E-state index in [-0.39, 0.29) is 32.7 Å². The van der Waals surface area contributed by atoms with Crippen molar-refractivity contribution in [2.45, 2.75) is 58.5 Å². The van der Waals surface area contributed by atoms with Crippen molar-refractivity contribution in [3.05, 3.63) is 5.92 Å². The average Bonchev–Trinajstić information content (AvgIpc) is 1.49. The summed E-state index contributed by atoms with van der Waals surface area (Å²) in [5, 5.41) is 3.64. The van der Waals surface area contributed by atoms with Gasteiger partial charge in [-0.1, -0.05) is 0 Å². The fourth-order valence-electron chi connectivity index (χ4n) is 2.58. The summed E-state index contributed by atoms with van der Waals surface area (Å²) in [5.74, 6) is 1.62. The first-order valence-corrected chi connectivity index (χ1v) is 4.41. The van der Waals surface area contributed by atoms with Crippen LogP contribution in [0.1, 0.15) is 47.5 Å². The molecule has 0 amide bonds. The number of piperidine rings is 1. The quantitative estimate of drug-likeness (QED) is 0.644. The van der Waals surface area contributed by atoms with Crippen molar-refractivity contribution < 1.29 is 32.7 Å². The molecule has 1 N–H and O–H groups in total. The second kappa shape index (κ2) is 4.06. The molecule has 1 saturated heterocycles. The third-order valence-electron chi connectivity index (χ3n) is 2.16. The molecule has 0 bridgehead atoms. The van der Waals surface area contributed by atoms with E-state index >= 15 is 0 Å². The van der Waals surface area contributed by atoms with E-state index in [4.69, 9.17) is 0 Å². The predicted octanol–water partition coefficient (Wildman–Crippen LogP) is 2.52. The monoisotopic (exact) mass is 243 g/mol. The minimum absolute atomic E-state index is 0. The Morgan fingerprint density at radius 2 is 1.33 bits per heavy atom. The summed E-state index contributed by atoms with van der Waals surface area (Å²) in [6.45, 7) is 11.4. The van der Waals surface area contributed by atoms with Gasteiger partial charge in [-0.2, -0.15) is 19.8 Å². The molecule has 0 aromatic rings. The van der Waals surface area contributed by atoms with Gasteiger partial charge in [-0.3, -0.25) is 0 Å². The van der Waals surface area contributed by atoms with Crippen LogP contribution in [0.15, 0.2) is 0 Å². The molecule has 0 spiro atoms. The molecule has 1 aliphatic rings. The largest absolute Gasteiger partial charge is 0.313 e. The van der Waals surface area contributed by atoms with E-state index in [1.165, 1.54) is 12.8 Å². The van der Waals surface area contributed by atoms with E-state index in [1.54, 1.807) is 5.92 Å². The zero-order chi connectivity index (χ0) is 8.70. The van der Waals surface area contributed by atoms with Crippen LogP contribution < -0.4 is 5.32 Å². The Morgan fingerprint density at radius 3 is 1.58 bits per heavy atom. The maximum absolute atomic E-state index is 3.64. The van der Waals surface area contributed by atoms with E-state index in [1.807, 2.05) is 0 Å². The van der Waals surface area contributed by atoms with Gasteiger partial charge >= 0.3 is 0 Å². The first kappa shape index (κ1) is 13.1. The summed E-state index contributed by atoms with van der Waals surface area (Å²) in [6.07, 6.45) is 2.44. The Hall–Kier alpha value is 1.06. The van der Waals surface area contributed by atoms with Gasteiger partial charge in [0.15, 0.2) is 0 Å². The van der Waals surface area contributed by atoms with Crippen molar-refractivity contribution in [2.75, 3.05) is 0 Å². The zero-order valence-corrected chi connectivity index (χ0v) is 11.8. The van der Waals surface area contributed by atoms with Gasteiger partial charge in [0.1, 0.15) is 0 Å². The van der Waals surface area contributed by atoms with Crippen molar-refractivity contribution in [1.82, 2.24) is 5.32 Å². The maximum atomic E-state index is 3.64. The maximum Gasteiger partial charge on any atom is 0 e. The minimum Gasteiger partial charge on any atom is -0.313 e. The van der Waals surface area contributed by atoms with Crippen molar-refractivity contribution in [3.8, 4) is 0 Å². The molecule has 1 heterocycles. The standard InChI is InChI=1S/C10H20N.Y/c1-8-6-9(2,3)11-10(4,5)7-8;/h11H,6-7H2,1-5H3;/q-1;. The zero-order valence-electron chi connectivity index (χ0n) is 8.99. The third kappa shape index (κ3) is 3.85. The van der Waals surface area contributed by atoms with Crippen LogP contribution in [0.3, 0.4) is 0 Å². The summed E-state index contributed by atoms with van der Waals surface area (Å²) in [6, 6.07) is 0. The normalized spacial score (nSPS) is 27.8. The van der Waals surface area contributed by atoms with E-state index in [0.717, 1.165) is 0 Å². The van der Waals surface area contributed by atoms with Crippen LogP contribution in [0.4, 0.5) is 0 Å². The Labute approximate surface area is 102 Å². The molecule has 1 rings (SSSR count). The summed E-state index contributed by atoms with van der Waals surface area (Å²) in [7, 11) is 0. The van der Waals surface area contributed by atoms with Gasteiger partial charge < -0.3 is 11.2 Å². The van der Waals surface area contributed by atoms with Gasteiger partial charge in [0.25, 0.3) is 0 Å². The molecule has 0 aromatic heterocycles. The molecule has 0 unspecified atom stereocenters. The number of nitrogens with one attached hydrogen (secondary N) is 1. The predicted molar refractivity (Wildman–Crippen MR) is 49.4 cm³/mol. The number of hydrogen-bond donors (Lipinski definition) is 1. The second-order valence-electron chi connectivity index (χ2n) is 5.20. The smallest absolute Gasteiger partial charge is 0 e. The molecular formula is C10H20NY-. The Morgan fingerprint density at radius 1 is 1.00 bits per heavy atom. The molecule has 0 saturated carbocycles. The molecule has 12 heavy (non-hydrogen) atoms. The van der Waals surface area contributed by atoms with Crippen LogP contribution in [0, 0.1) is 5.92 Å². The fourth-order valence-corrected chi connectivity index (χ4v) is 2.58. The van der Waals surface area contributed by atoms with Crippen LogP contribution in [-0.4, -0.2) is 11.1 Å². The van der Waals surface area contributed by atoms with Crippen LogP contribution in [-0.2, 0) is 32.7 Å². The van der Waals surface area contributed by atoms with Crippen LogP contribution in [0.5, 0.6) is 0 Å². The number of hydrogen-bond acceptors (Lipinski definition) is 1. The van der Waals surface area contributed by atoms with E-state index in [2.05, 4.69) is 39.9 Å². The second-order valence-corrected chi connectivity index (χ2v) is 5.20. The molecule has 0 aromatic carbocycles. The first-order chi connectivity index (χ1) is 4.81. The van der Waals surface area contributed by atoms with Gasteiger partial charge in [0.05, 0.1) is 0 Å². The Balaban J connectivity index is 0.00000121. The van der Waals surface area contributed by atoms with E-state index < -0.39 is 0 Å². The molecule has 0 aliphatic carbocycles. The molecule has 1 aliphatic heterocycles. The van der Waals surface area contributed by atoms with Gasteiger partial charge in [-0.15, -0.1) is 0 Å². The minimum atomic E-state index is 0. The summed E-state index contributed by atoms with van der Waals surface area (Å²) < 4.78 is 0. The molecule has 1 radical (unpaired) electrons. The van der Waals surface area contributed by atoms with Crippen LogP contribution >= 0.6 is 0 Å². The molecule has 1 fully saturated rings. The first-order valence-electron chi connectivity index (χ1n) is 4.41. The van der Waals surface area contributed by atoms with Crippen molar-refractivity contribution in [2.24, 2.45) is 0 Å². The van der Waals surface area contributed by atoms with E-state index in [9.17, 15) is 0 Å². The van der Waals surface area contributed by atoms with Crippen molar-refractivity contribution in [3.63, 3.8) is 0 Å². The van der Waals surface area contributed by atoms with Gasteiger partial charge in [-0.25, -0.2) is 0 Å². The molecule has 2 heteroatoms. The van der Waals surface area contributed by atoms with Crippen molar-refractivity contribution in [1.29, 1.82) is 0 Å². The SMILES string of the molecule is C[C-]1CC(C)(C)NC(C)(C)C1.[Y]. The molecular weight excluding hydrogens is 223 g/mol. The van der Waals surface area contributed by atoms with Gasteiger partial charge in [0, 0.05) is 32.7 Å². The van der Waals surface area contributed by atoms with Crippen LogP contribution in [0.25, 0.3) is 0 Å². The fraction of sp³-hybridized carbons (Fsp3) is 0.900. The average molecular weight is 243 g/mol. The summed E-state index contributed by atoms with van der Waals surface area (Å²) >= 11 is 0. The number of rotatable bonds is 0.